The van der Waals surface area contributed by atoms with Crippen molar-refractivity contribution < 1.29 is 4.79 Å². The van der Waals surface area contributed by atoms with E-state index in [4.69, 9.17) is 5.84 Å². The monoisotopic (exact) mass is 412 g/mol. The molecule has 0 fully saturated rings. The Balaban J connectivity index is 2.12. The second kappa shape index (κ2) is 9.50. The average molecular weight is 413 g/mol. The van der Waals surface area contributed by atoms with Crippen molar-refractivity contribution in [3.63, 3.8) is 0 Å². The number of aromatic nitrogens is 2. The van der Waals surface area contributed by atoms with Gasteiger partial charge in [-0.05, 0) is 36.4 Å². The number of hydrazine groups is 1. The smallest absolute Gasteiger partial charge is 0.267 e. The fourth-order valence-electron chi connectivity index (χ4n) is 2.64. The molecule has 0 saturated heterocycles. The average Bonchev–Trinajstić information content (AvgIpc) is 3.13. The van der Waals surface area contributed by atoms with Crippen molar-refractivity contribution in [2.45, 2.75) is 18.5 Å². The highest BCUT2D eigenvalue weighted by atomic mass is 32.2. The summed E-state index contributed by atoms with van der Waals surface area (Å²) in [4.78, 5) is 30.3. The van der Waals surface area contributed by atoms with Crippen LogP contribution in [-0.2, 0) is 11.2 Å². The molecule has 144 valence electrons. The number of rotatable bonds is 7. The number of nitrogens with zero attached hydrogens (tertiary/aromatic N) is 2. The van der Waals surface area contributed by atoms with Crippen molar-refractivity contribution in [2.75, 3.05) is 5.75 Å². The summed E-state index contributed by atoms with van der Waals surface area (Å²) in [6.45, 7) is 1.96. The van der Waals surface area contributed by atoms with Gasteiger partial charge in [-0.2, -0.15) is 0 Å². The standard InChI is InChI=1S/C20H20N4O2S2/c1-2-3-4-6-9-14-12-27-18-17(14)19(26)24(15-10-7-5-8-11-15)20(22-18)28-13-16(25)23-21/h2-8,10-12H,9,13,21H2,1H3,(H,23,25)/b3-2-,6-4-. The van der Waals surface area contributed by atoms with Gasteiger partial charge in [-0.3, -0.25) is 19.6 Å². The van der Waals surface area contributed by atoms with Crippen LogP contribution in [0.5, 0.6) is 0 Å². The fraction of sp³-hybridized carbons (Fsp3) is 0.150. The summed E-state index contributed by atoms with van der Waals surface area (Å²) in [7, 11) is 0. The van der Waals surface area contributed by atoms with Gasteiger partial charge in [0.2, 0.25) is 5.91 Å². The molecule has 28 heavy (non-hydrogen) atoms. The van der Waals surface area contributed by atoms with E-state index in [1.54, 1.807) is 4.57 Å². The quantitative estimate of drug-likeness (QED) is 0.155. The van der Waals surface area contributed by atoms with Gasteiger partial charge in [0.1, 0.15) is 4.83 Å². The third-order valence-electron chi connectivity index (χ3n) is 3.94. The fourth-order valence-corrected chi connectivity index (χ4v) is 4.45. The van der Waals surface area contributed by atoms with Gasteiger partial charge < -0.3 is 0 Å². The number of benzene rings is 1. The number of carbonyl (C=O) groups excluding carboxylic acids is 1. The molecule has 0 atom stereocenters. The highest BCUT2D eigenvalue weighted by molar-refractivity contribution is 7.99. The second-order valence-electron chi connectivity index (χ2n) is 5.83. The van der Waals surface area contributed by atoms with Gasteiger partial charge in [0.15, 0.2) is 5.16 Å². The van der Waals surface area contributed by atoms with E-state index >= 15 is 0 Å². The van der Waals surface area contributed by atoms with Crippen LogP contribution in [0, 0.1) is 0 Å². The van der Waals surface area contributed by atoms with E-state index in [0.29, 0.717) is 27.5 Å². The summed E-state index contributed by atoms with van der Waals surface area (Å²) in [5.74, 6) is 4.91. The van der Waals surface area contributed by atoms with E-state index in [-0.39, 0.29) is 17.2 Å². The number of nitrogens with one attached hydrogen (secondary N) is 1. The maximum absolute atomic E-state index is 13.4. The Bertz CT molecular complexity index is 1080. The minimum Gasteiger partial charge on any atom is -0.294 e. The number of hydrogen-bond acceptors (Lipinski definition) is 6. The molecule has 0 aliphatic heterocycles. The molecule has 2 heterocycles. The van der Waals surface area contributed by atoms with Crippen molar-refractivity contribution in [1.29, 1.82) is 0 Å². The van der Waals surface area contributed by atoms with Crippen molar-refractivity contribution in [1.82, 2.24) is 15.0 Å². The van der Waals surface area contributed by atoms with Crippen LogP contribution in [0.1, 0.15) is 12.5 Å². The summed E-state index contributed by atoms with van der Waals surface area (Å²) in [6, 6.07) is 9.31. The zero-order valence-electron chi connectivity index (χ0n) is 15.3. The highest BCUT2D eigenvalue weighted by Crippen LogP contribution is 2.27. The van der Waals surface area contributed by atoms with E-state index < -0.39 is 0 Å². The van der Waals surface area contributed by atoms with E-state index in [9.17, 15) is 9.59 Å². The molecule has 0 bridgehead atoms. The number of para-hydroxylation sites is 1. The summed E-state index contributed by atoms with van der Waals surface area (Å²) < 4.78 is 1.56. The molecule has 2 aromatic heterocycles. The number of amides is 1. The number of allylic oxidation sites excluding steroid dienone is 4. The SMILES string of the molecule is C/C=C\C=C/Cc1csc2nc(SCC(=O)NN)n(-c3ccccc3)c(=O)c12. The van der Waals surface area contributed by atoms with Gasteiger partial charge in [0.25, 0.3) is 5.56 Å². The van der Waals surface area contributed by atoms with Gasteiger partial charge in [0.05, 0.1) is 16.8 Å². The Morgan fingerprint density at radius 2 is 2.11 bits per heavy atom. The van der Waals surface area contributed by atoms with Crippen LogP contribution in [0.25, 0.3) is 15.9 Å². The number of hydrogen-bond donors (Lipinski definition) is 2. The minimum atomic E-state index is -0.333. The van der Waals surface area contributed by atoms with Crippen molar-refractivity contribution >= 4 is 39.2 Å². The Kier molecular flexibility index (Phi) is 6.80. The van der Waals surface area contributed by atoms with Crippen LogP contribution in [0.15, 0.2) is 70.0 Å². The Labute approximate surface area is 170 Å². The van der Waals surface area contributed by atoms with Gasteiger partial charge in [-0.15, -0.1) is 11.3 Å². The molecule has 3 aromatic rings. The van der Waals surface area contributed by atoms with Crippen LogP contribution in [-0.4, -0.2) is 21.2 Å². The summed E-state index contributed by atoms with van der Waals surface area (Å²) >= 11 is 2.62. The Morgan fingerprint density at radius 3 is 2.82 bits per heavy atom. The lowest BCUT2D eigenvalue weighted by Crippen LogP contribution is -2.32. The van der Waals surface area contributed by atoms with E-state index in [1.165, 1.54) is 23.1 Å². The van der Waals surface area contributed by atoms with Crippen LogP contribution in [0.3, 0.4) is 0 Å². The molecular formula is C20H20N4O2S2. The first-order valence-corrected chi connectivity index (χ1v) is 10.5. The van der Waals surface area contributed by atoms with E-state index in [0.717, 1.165) is 5.56 Å². The molecule has 0 saturated carbocycles. The van der Waals surface area contributed by atoms with Gasteiger partial charge >= 0.3 is 0 Å². The number of fused-ring (bicyclic) bond motifs is 1. The maximum Gasteiger partial charge on any atom is 0.267 e. The number of nitrogens with two attached hydrogens (primary N) is 1. The number of carbonyl (C=O) groups is 1. The van der Waals surface area contributed by atoms with E-state index in [2.05, 4.69) is 10.4 Å². The molecule has 1 aromatic carbocycles. The summed E-state index contributed by atoms with van der Waals surface area (Å²) in [6.07, 6.45) is 8.53. The molecule has 0 aliphatic carbocycles. The molecule has 3 rings (SSSR count). The largest absolute Gasteiger partial charge is 0.294 e. The zero-order chi connectivity index (χ0) is 19.9. The molecule has 8 heteroatoms. The first-order valence-electron chi connectivity index (χ1n) is 8.64. The third kappa shape index (κ3) is 4.41. The van der Waals surface area contributed by atoms with Crippen LogP contribution >= 0.6 is 23.1 Å². The lowest BCUT2D eigenvalue weighted by molar-refractivity contribution is -0.118. The van der Waals surface area contributed by atoms with Crippen LogP contribution in [0.4, 0.5) is 0 Å². The molecule has 0 radical (unpaired) electrons. The Morgan fingerprint density at radius 1 is 1.32 bits per heavy atom. The maximum atomic E-state index is 13.4. The lowest BCUT2D eigenvalue weighted by atomic mass is 10.1. The number of thiophene rings is 1. The second-order valence-corrected chi connectivity index (χ2v) is 7.63. The van der Waals surface area contributed by atoms with Crippen molar-refractivity contribution in [3.8, 4) is 5.69 Å². The molecule has 6 nitrogen and oxygen atoms in total. The number of thioether (sulfide) groups is 1. The third-order valence-corrected chi connectivity index (χ3v) is 5.80. The van der Waals surface area contributed by atoms with E-state index in [1.807, 2.05) is 66.9 Å². The lowest BCUT2D eigenvalue weighted by Gasteiger charge is -2.12. The van der Waals surface area contributed by atoms with Crippen LogP contribution in [0.2, 0.25) is 0 Å². The predicted octanol–water partition coefficient (Wildman–Crippen LogP) is 3.20. The normalized spacial score (nSPS) is 11.6. The van der Waals surface area contributed by atoms with Crippen molar-refractivity contribution in [3.05, 3.63) is 75.9 Å². The van der Waals surface area contributed by atoms with Gasteiger partial charge in [-0.25, -0.2) is 10.8 Å². The first-order chi connectivity index (χ1) is 13.7. The van der Waals surface area contributed by atoms with Gasteiger partial charge in [-0.1, -0.05) is 54.3 Å². The zero-order valence-corrected chi connectivity index (χ0v) is 16.9. The Hall–Kier alpha value is -2.68. The topological polar surface area (TPSA) is 90.0 Å². The molecular weight excluding hydrogens is 392 g/mol. The van der Waals surface area contributed by atoms with Gasteiger partial charge in [0, 0.05) is 0 Å². The highest BCUT2D eigenvalue weighted by Gasteiger charge is 2.17. The summed E-state index contributed by atoms with van der Waals surface area (Å²) in [5.41, 5.74) is 3.61. The van der Waals surface area contributed by atoms with Crippen molar-refractivity contribution in [2.24, 2.45) is 5.84 Å². The molecule has 3 N–H and O–H groups in total. The first kappa shape index (κ1) is 20.1. The predicted molar refractivity (Wildman–Crippen MR) is 116 cm³/mol. The van der Waals surface area contributed by atoms with Crippen LogP contribution < -0.4 is 16.8 Å². The minimum absolute atomic E-state index is 0.0750. The molecule has 0 spiro atoms. The molecule has 1 amide bonds. The molecule has 0 aliphatic rings. The molecule has 0 unspecified atom stereocenters. The summed E-state index contributed by atoms with van der Waals surface area (Å²) in [5, 5.41) is 3.05.